The van der Waals surface area contributed by atoms with Crippen LogP contribution in [0.25, 0.3) is 11.2 Å². The van der Waals surface area contributed by atoms with Gasteiger partial charge in [-0.25, -0.2) is 4.98 Å². The summed E-state index contributed by atoms with van der Waals surface area (Å²) in [5.41, 5.74) is 6.18. The standard InChI is InChI=1S/C16H22FN5O4/c17-16-20-12(18)9-14(21-16)22(13(19-9)7-4-2-1-3-5-7)15-11(25)10(24)8(6-23)26-15/h7-8,10-11,15,23-25H,1-6H2,(H2,18,20,21)/t8-,10-,11+,15?/m1/s1. The van der Waals surface area contributed by atoms with Crippen molar-refractivity contribution < 1.29 is 24.4 Å². The number of aliphatic hydroxyl groups is 3. The molecule has 3 heterocycles. The lowest BCUT2D eigenvalue weighted by Gasteiger charge is -2.25. The second-order valence-corrected chi connectivity index (χ2v) is 6.95. The Kier molecular flexibility index (Phi) is 4.51. The Labute approximate surface area is 148 Å². The summed E-state index contributed by atoms with van der Waals surface area (Å²) in [7, 11) is 0. The van der Waals surface area contributed by atoms with E-state index in [0.29, 0.717) is 5.82 Å². The summed E-state index contributed by atoms with van der Waals surface area (Å²) >= 11 is 0. The van der Waals surface area contributed by atoms with Gasteiger partial charge in [0.25, 0.3) is 0 Å². The highest BCUT2D eigenvalue weighted by atomic mass is 19.1. The smallest absolute Gasteiger partial charge is 0.312 e. The fourth-order valence-corrected chi connectivity index (χ4v) is 3.98. The Hall–Kier alpha value is -1.88. The molecule has 142 valence electrons. The lowest BCUT2D eigenvalue weighted by molar-refractivity contribution is -0.0528. The van der Waals surface area contributed by atoms with Crippen LogP contribution >= 0.6 is 0 Å². The third-order valence-electron chi connectivity index (χ3n) is 5.31. The predicted molar refractivity (Wildman–Crippen MR) is 88.5 cm³/mol. The fourth-order valence-electron chi connectivity index (χ4n) is 3.98. The number of hydrogen-bond acceptors (Lipinski definition) is 8. The van der Waals surface area contributed by atoms with Gasteiger partial charge in [0, 0.05) is 5.92 Å². The van der Waals surface area contributed by atoms with Crippen LogP contribution in [0.15, 0.2) is 0 Å². The monoisotopic (exact) mass is 367 g/mol. The molecular weight excluding hydrogens is 345 g/mol. The summed E-state index contributed by atoms with van der Waals surface area (Å²) in [5.74, 6) is 0.581. The van der Waals surface area contributed by atoms with Crippen molar-refractivity contribution in [1.29, 1.82) is 0 Å². The summed E-state index contributed by atoms with van der Waals surface area (Å²) in [6.45, 7) is -0.453. The molecule has 26 heavy (non-hydrogen) atoms. The number of aliphatic hydroxyl groups excluding tert-OH is 3. The van der Waals surface area contributed by atoms with Crippen LogP contribution in [-0.4, -0.2) is 59.8 Å². The molecule has 0 spiro atoms. The molecule has 2 aromatic heterocycles. The number of aromatic nitrogens is 4. The van der Waals surface area contributed by atoms with Crippen LogP contribution in [0, 0.1) is 6.08 Å². The molecule has 2 aromatic rings. The van der Waals surface area contributed by atoms with Gasteiger partial charge in [0.1, 0.15) is 24.1 Å². The summed E-state index contributed by atoms with van der Waals surface area (Å²) in [6.07, 6.45) is -0.565. The van der Waals surface area contributed by atoms with E-state index in [0.717, 1.165) is 32.1 Å². The number of nitrogens with two attached hydrogens (primary N) is 1. The number of nitrogens with zero attached hydrogens (tertiary/aromatic N) is 4. The average molecular weight is 367 g/mol. The first-order valence-corrected chi connectivity index (χ1v) is 8.84. The normalized spacial score (nSPS) is 30.3. The number of fused-ring (bicyclic) bond motifs is 1. The van der Waals surface area contributed by atoms with Crippen LogP contribution in [0.1, 0.15) is 50.1 Å². The summed E-state index contributed by atoms with van der Waals surface area (Å²) in [6, 6.07) is 0. The van der Waals surface area contributed by atoms with Gasteiger partial charge in [0.15, 0.2) is 23.2 Å². The van der Waals surface area contributed by atoms with E-state index in [1.165, 1.54) is 4.57 Å². The molecule has 1 aliphatic carbocycles. The van der Waals surface area contributed by atoms with Crippen molar-refractivity contribution in [3.8, 4) is 0 Å². The Bertz CT molecular complexity index is 810. The molecule has 1 aliphatic heterocycles. The lowest BCUT2D eigenvalue weighted by atomic mass is 9.88. The highest BCUT2D eigenvalue weighted by Crippen LogP contribution is 2.39. The SMILES string of the molecule is Nc1nc(F)nc2c1nc(C1CCCCC1)n2C1O[C@H](CO)[C@@H](O)[C@@H]1O. The van der Waals surface area contributed by atoms with E-state index in [2.05, 4.69) is 15.0 Å². The van der Waals surface area contributed by atoms with E-state index in [1.54, 1.807) is 0 Å². The number of imidazole rings is 1. The zero-order valence-electron chi connectivity index (χ0n) is 14.1. The quantitative estimate of drug-likeness (QED) is 0.565. The van der Waals surface area contributed by atoms with Crippen LogP contribution < -0.4 is 5.73 Å². The van der Waals surface area contributed by atoms with E-state index < -0.39 is 37.2 Å². The summed E-state index contributed by atoms with van der Waals surface area (Å²) in [4.78, 5) is 11.9. The second kappa shape index (κ2) is 6.69. The maximum Gasteiger partial charge on any atom is 0.312 e. The highest BCUT2D eigenvalue weighted by molar-refractivity contribution is 5.82. The lowest BCUT2D eigenvalue weighted by Crippen LogP contribution is -2.33. The Balaban J connectivity index is 1.88. The Morgan fingerprint density at radius 3 is 2.50 bits per heavy atom. The summed E-state index contributed by atoms with van der Waals surface area (Å²) in [5, 5.41) is 29.9. The van der Waals surface area contributed by atoms with Crippen LogP contribution in [0.2, 0.25) is 0 Å². The fraction of sp³-hybridized carbons (Fsp3) is 0.688. The van der Waals surface area contributed by atoms with E-state index in [1.807, 2.05) is 0 Å². The second-order valence-electron chi connectivity index (χ2n) is 6.95. The topological polar surface area (TPSA) is 140 Å². The molecule has 4 rings (SSSR count). The largest absolute Gasteiger partial charge is 0.394 e. The first kappa shape index (κ1) is 17.5. The van der Waals surface area contributed by atoms with E-state index in [9.17, 15) is 19.7 Å². The Morgan fingerprint density at radius 1 is 1.12 bits per heavy atom. The molecule has 1 saturated carbocycles. The first-order chi connectivity index (χ1) is 12.5. The van der Waals surface area contributed by atoms with Crippen molar-refractivity contribution in [2.75, 3.05) is 12.3 Å². The van der Waals surface area contributed by atoms with Gasteiger partial charge in [-0.3, -0.25) is 4.57 Å². The maximum atomic E-state index is 13.8. The van der Waals surface area contributed by atoms with Gasteiger partial charge in [0.05, 0.1) is 6.61 Å². The van der Waals surface area contributed by atoms with Crippen LogP contribution in [0.5, 0.6) is 0 Å². The van der Waals surface area contributed by atoms with Crippen molar-refractivity contribution in [1.82, 2.24) is 19.5 Å². The van der Waals surface area contributed by atoms with Crippen molar-refractivity contribution in [2.45, 2.75) is 62.6 Å². The maximum absolute atomic E-state index is 13.8. The Morgan fingerprint density at radius 2 is 1.85 bits per heavy atom. The molecule has 2 fully saturated rings. The molecule has 4 atom stereocenters. The van der Waals surface area contributed by atoms with Gasteiger partial charge in [-0.1, -0.05) is 19.3 Å². The molecule has 2 aliphatic rings. The van der Waals surface area contributed by atoms with Gasteiger partial charge in [-0.15, -0.1) is 0 Å². The number of nitrogen functional groups attached to an aromatic ring is 1. The number of ether oxygens (including phenoxy) is 1. The van der Waals surface area contributed by atoms with Crippen LogP contribution in [-0.2, 0) is 4.74 Å². The number of anilines is 1. The molecule has 0 bridgehead atoms. The molecule has 9 nitrogen and oxygen atoms in total. The van der Waals surface area contributed by atoms with Crippen molar-refractivity contribution in [3.05, 3.63) is 11.9 Å². The molecule has 5 N–H and O–H groups in total. The molecule has 1 saturated heterocycles. The van der Waals surface area contributed by atoms with E-state index >= 15 is 0 Å². The average Bonchev–Trinajstić information content (AvgIpc) is 3.14. The van der Waals surface area contributed by atoms with E-state index in [-0.39, 0.29) is 22.9 Å². The van der Waals surface area contributed by atoms with Gasteiger partial charge in [-0.2, -0.15) is 14.4 Å². The van der Waals surface area contributed by atoms with E-state index in [4.69, 9.17) is 10.5 Å². The first-order valence-electron chi connectivity index (χ1n) is 8.84. The summed E-state index contributed by atoms with van der Waals surface area (Å²) < 4.78 is 21.0. The zero-order chi connectivity index (χ0) is 18.4. The molecule has 10 heteroatoms. The molecule has 1 unspecified atom stereocenters. The van der Waals surface area contributed by atoms with Crippen LogP contribution in [0.3, 0.4) is 0 Å². The van der Waals surface area contributed by atoms with Crippen molar-refractivity contribution in [2.24, 2.45) is 0 Å². The molecule has 0 radical (unpaired) electrons. The van der Waals surface area contributed by atoms with Crippen molar-refractivity contribution >= 4 is 17.0 Å². The predicted octanol–water partition coefficient (Wildman–Crippen LogP) is 0.207. The minimum atomic E-state index is -1.31. The minimum Gasteiger partial charge on any atom is -0.394 e. The zero-order valence-corrected chi connectivity index (χ0v) is 14.1. The number of hydrogen-bond donors (Lipinski definition) is 4. The van der Waals surface area contributed by atoms with Gasteiger partial charge >= 0.3 is 6.08 Å². The molecule has 0 aromatic carbocycles. The number of halogens is 1. The van der Waals surface area contributed by atoms with Gasteiger partial charge < -0.3 is 25.8 Å². The van der Waals surface area contributed by atoms with Crippen molar-refractivity contribution in [3.63, 3.8) is 0 Å². The third kappa shape index (κ3) is 2.73. The third-order valence-corrected chi connectivity index (χ3v) is 5.31. The minimum absolute atomic E-state index is 0.0848. The van der Waals surface area contributed by atoms with Gasteiger partial charge in [-0.05, 0) is 12.8 Å². The molecule has 0 amide bonds. The molecular formula is C16H22FN5O4. The highest BCUT2D eigenvalue weighted by Gasteiger charge is 2.45. The van der Waals surface area contributed by atoms with Crippen LogP contribution in [0.4, 0.5) is 10.2 Å². The number of rotatable bonds is 3. The van der Waals surface area contributed by atoms with Gasteiger partial charge in [0.2, 0.25) is 0 Å².